The molecule has 8 heteroatoms. The van der Waals surface area contributed by atoms with Gasteiger partial charge in [-0.3, -0.25) is 0 Å². The van der Waals surface area contributed by atoms with Gasteiger partial charge >= 0.3 is 6.03 Å². The fraction of sp³-hybridized carbons (Fsp3) is 0. The number of anilines is 1. The smallest absolute Gasteiger partial charge is 0.346 e. The molecule has 5 rings (SSSR count). The highest BCUT2D eigenvalue weighted by molar-refractivity contribution is 9.10. The average Bonchev–Trinajstić information content (AvgIpc) is 3.33. The zero-order valence-corrected chi connectivity index (χ0v) is 21.0. The Labute approximate surface area is 220 Å². The summed E-state index contributed by atoms with van der Waals surface area (Å²) in [5, 5.41) is 7.95. The predicted molar refractivity (Wildman–Crippen MR) is 143 cm³/mol. The van der Waals surface area contributed by atoms with Gasteiger partial charge in [-0.25, -0.2) is 9.18 Å². The minimum absolute atomic E-state index is 0.343. The lowest BCUT2D eigenvalue weighted by atomic mass is 10.0. The predicted octanol–water partition coefficient (Wildman–Crippen LogP) is 8.64. The Morgan fingerprint density at radius 3 is 2.06 bits per heavy atom. The summed E-state index contributed by atoms with van der Waals surface area (Å²) in [5.41, 5.74) is 3.35. The van der Waals surface area contributed by atoms with Crippen molar-refractivity contribution in [3.63, 3.8) is 0 Å². The summed E-state index contributed by atoms with van der Waals surface area (Å²) in [7, 11) is 0. The van der Waals surface area contributed by atoms with Crippen LogP contribution in [0.2, 0.25) is 5.02 Å². The number of halogens is 3. The first kappa shape index (κ1) is 23.8. The van der Waals surface area contributed by atoms with Crippen molar-refractivity contribution in [1.29, 1.82) is 0 Å². The van der Waals surface area contributed by atoms with Crippen molar-refractivity contribution in [2.75, 3.05) is 5.32 Å². The van der Waals surface area contributed by atoms with Crippen molar-refractivity contribution in [1.82, 2.24) is 9.78 Å². The zero-order chi connectivity index (χ0) is 25.1. The molecule has 1 amide bonds. The summed E-state index contributed by atoms with van der Waals surface area (Å²) in [4.78, 5) is 13.0. The molecular formula is C28H18BrClFN3O2. The van der Waals surface area contributed by atoms with Crippen molar-refractivity contribution in [3.05, 3.63) is 119 Å². The molecule has 0 atom stereocenters. The Bertz CT molecular complexity index is 1440. The molecule has 1 N–H and O–H groups in total. The molecule has 0 aliphatic carbocycles. The molecule has 0 fully saturated rings. The number of hydrogen-bond donors (Lipinski definition) is 1. The number of rotatable bonds is 5. The Kier molecular flexibility index (Phi) is 6.84. The summed E-state index contributed by atoms with van der Waals surface area (Å²) in [6, 6.07) is 27.3. The van der Waals surface area contributed by atoms with E-state index in [-0.39, 0.29) is 5.82 Å². The number of ether oxygens (including phenoxy) is 1. The first-order valence-electron chi connectivity index (χ1n) is 10.9. The van der Waals surface area contributed by atoms with Crippen LogP contribution in [0.3, 0.4) is 0 Å². The van der Waals surface area contributed by atoms with E-state index in [9.17, 15) is 9.18 Å². The molecule has 1 heterocycles. The standard InChI is InChI=1S/C28H18BrClFN3O2/c29-20-5-13-24(14-6-20)36-25-15-11-23(12-16-25)32-28(35)34-17-26(18-3-9-22(31)10-4-18)27(33-34)19-1-7-21(30)8-2-19/h1-17H,(H,32,35). The highest BCUT2D eigenvalue weighted by Gasteiger charge is 2.17. The van der Waals surface area contributed by atoms with Crippen molar-refractivity contribution in [2.24, 2.45) is 0 Å². The molecule has 0 bridgehead atoms. The Morgan fingerprint density at radius 1 is 0.833 bits per heavy atom. The van der Waals surface area contributed by atoms with E-state index in [4.69, 9.17) is 16.3 Å². The van der Waals surface area contributed by atoms with E-state index < -0.39 is 6.03 Å². The minimum atomic E-state index is -0.444. The third-order valence-corrected chi connectivity index (χ3v) is 6.13. The normalized spacial score (nSPS) is 10.8. The van der Waals surface area contributed by atoms with Gasteiger partial charge in [0.15, 0.2) is 0 Å². The molecule has 0 radical (unpaired) electrons. The largest absolute Gasteiger partial charge is 0.457 e. The van der Waals surface area contributed by atoms with E-state index >= 15 is 0 Å². The maximum Gasteiger partial charge on any atom is 0.346 e. The van der Waals surface area contributed by atoms with E-state index in [1.807, 2.05) is 36.4 Å². The monoisotopic (exact) mass is 561 g/mol. The highest BCUT2D eigenvalue weighted by Crippen LogP contribution is 2.32. The van der Waals surface area contributed by atoms with Gasteiger partial charge in [-0.05, 0) is 78.4 Å². The highest BCUT2D eigenvalue weighted by atomic mass is 79.9. The molecule has 36 heavy (non-hydrogen) atoms. The summed E-state index contributed by atoms with van der Waals surface area (Å²) < 4.78 is 21.5. The van der Waals surface area contributed by atoms with Crippen molar-refractivity contribution < 1.29 is 13.9 Å². The maximum atomic E-state index is 13.5. The number of benzene rings is 4. The van der Waals surface area contributed by atoms with E-state index in [0.29, 0.717) is 33.5 Å². The number of aromatic nitrogens is 2. The molecule has 1 aromatic heterocycles. The van der Waals surface area contributed by atoms with Crippen LogP contribution in [0, 0.1) is 5.82 Å². The van der Waals surface area contributed by atoms with Crippen LogP contribution < -0.4 is 10.1 Å². The van der Waals surface area contributed by atoms with Crippen LogP contribution in [-0.2, 0) is 0 Å². The number of nitrogens with one attached hydrogen (secondary N) is 1. The van der Waals surface area contributed by atoms with Gasteiger partial charge in [0.1, 0.15) is 23.0 Å². The van der Waals surface area contributed by atoms with Crippen LogP contribution in [0.5, 0.6) is 11.5 Å². The van der Waals surface area contributed by atoms with E-state index in [1.54, 1.807) is 54.7 Å². The molecule has 4 aromatic carbocycles. The topological polar surface area (TPSA) is 56.1 Å². The second-order valence-electron chi connectivity index (χ2n) is 7.86. The lowest BCUT2D eigenvalue weighted by Gasteiger charge is -2.08. The van der Waals surface area contributed by atoms with Gasteiger partial charge in [0.25, 0.3) is 0 Å². The number of hydrogen-bond acceptors (Lipinski definition) is 3. The first-order chi connectivity index (χ1) is 17.4. The minimum Gasteiger partial charge on any atom is -0.457 e. The van der Waals surface area contributed by atoms with Gasteiger partial charge in [-0.15, -0.1) is 0 Å². The summed E-state index contributed by atoms with van der Waals surface area (Å²) >= 11 is 9.44. The SMILES string of the molecule is O=C(Nc1ccc(Oc2ccc(Br)cc2)cc1)n1cc(-c2ccc(F)cc2)c(-c2ccc(Cl)cc2)n1. The number of nitrogens with zero attached hydrogens (tertiary/aromatic N) is 2. The molecular weight excluding hydrogens is 545 g/mol. The van der Waals surface area contributed by atoms with E-state index in [0.717, 1.165) is 15.6 Å². The van der Waals surface area contributed by atoms with Gasteiger partial charge < -0.3 is 10.1 Å². The molecule has 0 aliphatic rings. The third kappa shape index (κ3) is 5.48. The molecule has 5 nitrogen and oxygen atoms in total. The summed E-state index contributed by atoms with van der Waals surface area (Å²) in [5.74, 6) is 0.997. The molecule has 0 spiro atoms. The molecule has 5 aromatic rings. The quantitative estimate of drug-likeness (QED) is 0.233. The number of carbonyl (C=O) groups is 1. The summed E-state index contributed by atoms with van der Waals surface area (Å²) in [6.45, 7) is 0. The number of amides is 1. The lowest BCUT2D eigenvalue weighted by molar-refractivity contribution is 0.251. The van der Waals surface area contributed by atoms with Gasteiger partial charge in [-0.1, -0.05) is 51.8 Å². The van der Waals surface area contributed by atoms with Crippen molar-refractivity contribution in [3.8, 4) is 33.9 Å². The van der Waals surface area contributed by atoms with Crippen LogP contribution in [0.1, 0.15) is 0 Å². The Balaban J connectivity index is 1.38. The summed E-state index contributed by atoms with van der Waals surface area (Å²) in [6.07, 6.45) is 1.62. The fourth-order valence-corrected chi connectivity index (χ4v) is 3.96. The Hall–Kier alpha value is -3.94. The van der Waals surface area contributed by atoms with Crippen LogP contribution >= 0.6 is 27.5 Å². The Morgan fingerprint density at radius 2 is 1.42 bits per heavy atom. The van der Waals surface area contributed by atoms with Crippen molar-refractivity contribution >= 4 is 39.2 Å². The molecule has 0 saturated carbocycles. The fourth-order valence-electron chi connectivity index (χ4n) is 3.57. The van der Waals surface area contributed by atoms with Gasteiger partial charge in [-0.2, -0.15) is 9.78 Å². The third-order valence-electron chi connectivity index (χ3n) is 5.35. The average molecular weight is 563 g/mol. The second-order valence-corrected chi connectivity index (χ2v) is 9.21. The molecule has 0 unspecified atom stereocenters. The van der Waals surface area contributed by atoms with Crippen LogP contribution in [0.25, 0.3) is 22.4 Å². The first-order valence-corrected chi connectivity index (χ1v) is 12.1. The maximum absolute atomic E-state index is 13.5. The second kappa shape index (κ2) is 10.4. The number of carbonyl (C=O) groups excluding carboxylic acids is 1. The van der Waals surface area contributed by atoms with Gasteiger partial charge in [0.05, 0.1) is 0 Å². The van der Waals surface area contributed by atoms with E-state index in [1.165, 1.54) is 16.8 Å². The van der Waals surface area contributed by atoms with Crippen molar-refractivity contribution in [2.45, 2.75) is 0 Å². The van der Waals surface area contributed by atoms with Crippen LogP contribution in [0.4, 0.5) is 14.9 Å². The lowest BCUT2D eigenvalue weighted by Crippen LogP contribution is -2.19. The van der Waals surface area contributed by atoms with E-state index in [2.05, 4.69) is 26.3 Å². The van der Waals surface area contributed by atoms with Gasteiger partial charge in [0, 0.05) is 32.5 Å². The van der Waals surface area contributed by atoms with Crippen LogP contribution in [-0.4, -0.2) is 15.8 Å². The zero-order valence-electron chi connectivity index (χ0n) is 18.7. The van der Waals surface area contributed by atoms with Crippen LogP contribution in [0.15, 0.2) is 108 Å². The molecule has 0 aliphatic heterocycles. The molecule has 178 valence electrons. The van der Waals surface area contributed by atoms with Gasteiger partial charge in [0.2, 0.25) is 0 Å². The molecule has 0 saturated heterocycles.